The van der Waals surface area contributed by atoms with E-state index in [0.717, 1.165) is 38.4 Å². The molecule has 0 saturated heterocycles. The van der Waals surface area contributed by atoms with E-state index in [4.69, 9.17) is 0 Å². The van der Waals surface area contributed by atoms with Gasteiger partial charge in [-0.3, -0.25) is 4.90 Å². The van der Waals surface area contributed by atoms with Crippen molar-refractivity contribution in [3.8, 4) is 0 Å². The standard InChI is InChI=1S/C17H24N4/c1-3-21(4-2)13-16-8-6-5-7-15(16)11-19-12-17-9-10-18-14-20-17/h5-10,14,19H,3-4,11-13H2,1-2H3. The van der Waals surface area contributed by atoms with Gasteiger partial charge in [-0.2, -0.15) is 0 Å². The molecule has 4 nitrogen and oxygen atoms in total. The van der Waals surface area contributed by atoms with E-state index in [1.165, 1.54) is 11.1 Å². The fourth-order valence-electron chi connectivity index (χ4n) is 2.32. The highest BCUT2D eigenvalue weighted by molar-refractivity contribution is 5.27. The summed E-state index contributed by atoms with van der Waals surface area (Å²) in [6.45, 7) is 9.22. The van der Waals surface area contributed by atoms with Gasteiger partial charge in [-0.1, -0.05) is 38.1 Å². The zero-order valence-corrected chi connectivity index (χ0v) is 12.9. The topological polar surface area (TPSA) is 41.0 Å². The smallest absolute Gasteiger partial charge is 0.115 e. The van der Waals surface area contributed by atoms with Gasteiger partial charge in [0.15, 0.2) is 0 Å². The summed E-state index contributed by atoms with van der Waals surface area (Å²) in [5, 5.41) is 3.46. The summed E-state index contributed by atoms with van der Waals surface area (Å²) in [4.78, 5) is 10.6. The Morgan fingerprint density at radius 1 is 1.00 bits per heavy atom. The van der Waals surface area contributed by atoms with Gasteiger partial charge < -0.3 is 5.32 Å². The fourth-order valence-corrected chi connectivity index (χ4v) is 2.32. The summed E-state index contributed by atoms with van der Waals surface area (Å²) in [7, 11) is 0. The maximum Gasteiger partial charge on any atom is 0.115 e. The van der Waals surface area contributed by atoms with E-state index in [1.54, 1.807) is 12.5 Å². The molecule has 0 fully saturated rings. The van der Waals surface area contributed by atoms with Crippen molar-refractivity contribution < 1.29 is 0 Å². The Labute approximate surface area is 127 Å². The number of aromatic nitrogens is 2. The zero-order valence-electron chi connectivity index (χ0n) is 12.9. The number of benzene rings is 1. The first-order chi connectivity index (χ1) is 10.3. The molecule has 0 aliphatic carbocycles. The molecule has 1 heterocycles. The fraction of sp³-hybridized carbons (Fsp3) is 0.412. The second-order valence-electron chi connectivity index (χ2n) is 5.03. The lowest BCUT2D eigenvalue weighted by Gasteiger charge is -2.20. The van der Waals surface area contributed by atoms with E-state index in [2.05, 4.69) is 58.3 Å². The third kappa shape index (κ3) is 4.92. The zero-order chi connectivity index (χ0) is 14.9. The average Bonchev–Trinajstić information content (AvgIpc) is 2.55. The lowest BCUT2D eigenvalue weighted by molar-refractivity contribution is 0.294. The van der Waals surface area contributed by atoms with Gasteiger partial charge in [0, 0.05) is 25.8 Å². The molecule has 0 saturated carbocycles. The van der Waals surface area contributed by atoms with E-state index in [0.29, 0.717) is 0 Å². The highest BCUT2D eigenvalue weighted by Crippen LogP contribution is 2.11. The third-order valence-electron chi connectivity index (χ3n) is 3.67. The van der Waals surface area contributed by atoms with Gasteiger partial charge in [0.1, 0.15) is 6.33 Å². The predicted molar refractivity (Wildman–Crippen MR) is 85.6 cm³/mol. The molecule has 0 radical (unpaired) electrons. The Bertz CT molecular complexity index is 523. The van der Waals surface area contributed by atoms with Crippen LogP contribution in [0.5, 0.6) is 0 Å². The Kier molecular flexibility index (Phi) is 6.31. The molecule has 2 rings (SSSR count). The number of nitrogens with one attached hydrogen (secondary N) is 1. The first-order valence-corrected chi connectivity index (χ1v) is 7.58. The first kappa shape index (κ1) is 15.6. The molecule has 0 spiro atoms. The summed E-state index contributed by atoms with van der Waals surface area (Å²) in [5.74, 6) is 0. The van der Waals surface area contributed by atoms with Crippen LogP contribution in [0.25, 0.3) is 0 Å². The monoisotopic (exact) mass is 284 g/mol. The van der Waals surface area contributed by atoms with Crippen LogP contribution in [0.1, 0.15) is 30.7 Å². The predicted octanol–water partition coefficient (Wildman–Crippen LogP) is 2.61. The van der Waals surface area contributed by atoms with Crippen LogP contribution in [0, 0.1) is 0 Å². The molecule has 0 unspecified atom stereocenters. The summed E-state index contributed by atoms with van der Waals surface area (Å²) in [5.41, 5.74) is 3.78. The van der Waals surface area contributed by atoms with Crippen LogP contribution >= 0.6 is 0 Å². The Morgan fingerprint density at radius 2 is 1.76 bits per heavy atom. The van der Waals surface area contributed by atoms with Crippen LogP contribution in [0.4, 0.5) is 0 Å². The molecule has 0 aliphatic rings. The Morgan fingerprint density at radius 3 is 2.43 bits per heavy atom. The number of nitrogens with zero attached hydrogens (tertiary/aromatic N) is 3. The Balaban J connectivity index is 1.93. The molecule has 1 N–H and O–H groups in total. The third-order valence-corrected chi connectivity index (χ3v) is 3.67. The molecule has 0 amide bonds. The molecule has 0 bridgehead atoms. The van der Waals surface area contributed by atoms with Crippen molar-refractivity contribution in [3.63, 3.8) is 0 Å². The van der Waals surface area contributed by atoms with Crippen LogP contribution in [-0.4, -0.2) is 28.0 Å². The van der Waals surface area contributed by atoms with Crippen LogP contribution in [0.2, 0.25) is 0 Å². The van der Waals surface area contributed by atoms with Crippen molar-refractivity contribution in [3.05, 3.63) is 59.7 Å². The van der Waals surface area contributed by atoms with Gasteiger partial charge in [-0.25, -0.2) is 9.97 Å². The number of rotatable bonds is 8. The minimum absolute atomic E-state index is 0.766. The molecule has 0 atom stereocenters. The molecule has 2 aromatic rings. The summed E-state index contributed by atoms with van der Waals surface area (Å²) >= 11 is 0. The largest absolute Gasteiger partial charge is 0.307 e. The first-order valence-electron chi connectivity index (χ1n) is 7.58. The number of hydrogen-bond donors (Lipinski definition) is 1. The van der Waals surface area contributed by atoms with Gasteiger partial charge in [0.25, 0.3) is 0 Å². The molecule has 0 aliphatic heterocycles. The van der Waals surface area contributed by atoms with Gasteiger partial charge in [0.05, 0.1) is 5.69 Å². The van der Waals surface area contributed by atoms with E-state index in [-0.39, 0.29) is 0 Å². The maximum absolute atomic E-state index is 4.23. The second-order valence-corrected chi connectivity index (χ2v) is 5.03. The van der Waals surface area contributed by atoms with Gasteiger partial charge in [-0.05, 0) is 30.3 Å². The van der Waals surface area contributed by atoms with E-state index in [1.807, 2.05) is 6.07 Å². The molecule has 21 heavy (non-hydrogen) atoms. The molecule has 112 valence electrons. The summed E-state index contributed by atoms with van der Waals surface area (Å²) in [6, 6.07) is 10.6. The minimum atomic E-state index is 0.766. The second kappa shape index (κ2) is 8.49. The average molecular weight is 284 g/mol. The molecular weight excluding hydrogens is 260 g/mol. The van der Waals surface area contributed by atoms with Crippen molar-refractivity contribution in [1.82, 2.24) is 20.2 Å². The molecule has 1 aromatic heterocycles. The molecular formula is C17H24N4. The van der Waals surface area contributed by atoms with Crippen LogP contribution in [0.15, 0.2) is 42.9 Å². The maximum atomic E-state index is 4.23. The van der Waals surface area contributed by atoms with Crippen molar-refractivity contribution in [2.75, 3.05) is 13.1 Å². The number of hydrogen-bond acceptors (Lipinski definition) is 4. The minimum Gasteiger partial charge on any atom is -0.307 e. The van der Waals surface area contributed by atoms with E-state index < -0.39 is 0 Å². The van der Waals surface area contributed by atoms with Crippen molar-refractivity contribution in [2.45, 2.75) is 33.5 Å². The SMILES string of the molecule is CCN(CC)Cc1ccccc1CNCc1ccncn1. The van der Waals surface area contributed by atoms with Crippen molar-refractivity contribution in [2.24, 2.45) is 0 Å². The molecule has 1 aromatic carbocycles. The van der Waals surface area contributed by atoms with Crippen molar-refractivity contribution >= 4 is 0 Å². The van der Waals surface area contributed by atoms with Crippen molar-refractivity contribution in [1.29, 1.82) is 0 Å². The van der Waals surface area contributed by atoms with Crippen LogP contribution in [-0.2, 0) is 19.6 Å². The lowest BCUT2D eigenvalue weighted by atomic mass is 10.1. The highest BCUT2D eigenvalue weighted by Gasteiger charge is 2.06. The normalized spacial score (nSPS) is 11.0. The van der Waals surface area contributed by atoms with Gasteiger partial charge in [0.2, 0.25) is 0 Å². The molecule has 4 heteroatoms. The van der Waals surface area contributed by atoms with Crippen LogP contribution < -0.4 is 5.32 Å². The van der Waals surface area contributed by atoms with Crippen LogP contribution in [0.3, 0.4) is 0 Å². The van der Waals surface area contributed by atoms with Gasteiger partial charge >= 0.3 is 0 Å². The van der Waals surface area contributed by atoms with Gasteiger partial charge in [-0.15, -0.1) is 0 Å². The highest BCUT2D eigenvalue weighted by atomic mass is 15.1. The van der Waals surface area contributed by atoms with E-state index in [9.17, 15) is 0 Å². The summed E-state index contributed by atoms with van der Waals surface area (Å²) in [6.07, 6.45) is 3.36. The quantitative estimate of drug-likeness (QED) is 0.809. The Hall–Kier alpha value is -1.78. The van der Waals surface area contributed by atoms with E-state index >= 15 is 0 Å². The lowest BCUT2D eigenvalue weighted by Crippen LogP contribution is -2.23. The summed E-state index contributed by atoms with van der Waals surface area (Å²) < 4.78 is 0.